The second-order valence-corrected chi connectivity index (χ2v) is 6.58. The molecule has 1 atom stereocenters. The van der Waals surface area contributed by atoms with Crippen LogP contribution in [0.1, 0.15) is 35.7 Å². The summed E-state index contributed by atoms with van der Waals surface area (Å²) in [5, 5.41) is 7.44. The van der Waals surface area contributed by atoms with Gasteiger partial charge in [-0.15, -0.1) is 0 Å². The number of nitrogens with two attached hydrogens (primary N) is 1. The van der Waals surface area contributed by atoms with Gasteiger partial charge in [0.25, 0.3) is 5.91 Å². The fourth-order valence-corrected chi connectivity index (χ4v) is 3.25. The van der Waals surface area contributed by atoms with Gasteiger partial charge in [0.05, 0.1) is 0 Å². The molecule has 1 unspecified atom stereocenters. The summed E-state index contributed by atoms with van der Waals surface area (Å²) in [5.41, 5.74) is 9.55. The number of hydrogen-bond acceptors (Lipinski definition) is 3. The number of amides is 1. The van der Waals surface area contributed by atoms with Crippen LogP contribution in [0.5, 0.6) is 0 Å². The maximum absolute atomic E-state index is 12.8. The molecular weight excluding hydrogens is 326 g/mol. The molecule has 0 spiro atoms. The van der Waals surface area contributed by atoms with Crippen molar-refractivity contribution in [2.24, 2.45) is 5.73 Å². The molecule has 1 heterocycles. The Labute approximate surface area is 152 Å². The molecule has 1 aliphatic heterocycles. The van der Waals surface area contributed by atoms with E-state index in [2.05, 4.69) is 0 Å². The number of nitrogens with zero attached hydrogens (tertiary/aromatic N) is 1. The molecule has 1 fully saturated rings. The number of benzene rings is 2. The van der Waals surface area contributed by atoms with Crippen molar-refractivity contribution in [1.29, 1.82) is 5.41 Å². The van der Waals surface area contributed by atoms with Gasteiger partial charge in [0.1, 0.15) is 11.8 Å². The number of nitrogen functional groups attached to an aromatic ring is 1. The van der Waals surface area contributed by atoms with Crippen molar-refractivity contribution < 1.29 is 9.59 Å². The lowest BCUT2D eigenvalue weighted by molar-refractivity contribution is 0.0669. The van der Waals surface area contributed by atoms with E-state index in [0.717, 1.165) is 16.7 Å². The van der Waals surface area contributed by atoms with Crippen LogP contribution in [0.2, 0.25) is 0 Å². The highest BCUT2D eigenvalue weighted by Crippen LogP contribution is 2.24. The van der Waals surface area contributed by atoms with Crippen LogP contribution in [-0.4, -0.2) is 35.2 Å². The summed E-state index contributed by atoms with van der Waals surface area (Å²) in [6, 6.07) is 14.9. The molecule has 132 valence electrons. The number of hydrogen-bond donors (Lipinski definition) is 2. The lowest BCUT2D eigenvalue weighted by Crippen LogP contribution is -2.42. The predicted molar refractivity (Wildman–Crippen MR) is 102 cm³/mol. The van der Waals surface area contributed by atoms with Crippen LogP contribution in [0.25, 0.3) is 11.1 Å². The fourth-order valence-electron chi connectivity index (χ4n) is 3.25. The zero-order chi connectivity index (χ0) is 18.7. The lowest BCUT2D eigenvalue weighted by atomic mass is 9.97. The highest BCUT2D eigenvalue weighted by molar-refractivity contribution is 5.96. The van der Waals surface area contributed by atoms with Gasteiger partial charge in [-0.1, -0.05) is 36.4 Å². The first-order valence-corrected chi connectivity index (χ1v) is 8.58. The van der Waals surface area contributed by atoms with E-state index < -0.39 is 0 Å². The molecule has 5 heteroatoms. The molecule has 3 rings (SSSR count). The Morgan fingerprint density at radius 2 is 1.62 bits per heavy atom. The smallest absolute Gasteiger partial charge is 0.254 e. The summed E-state index contributed by atoms with van der Waals surface area (Å²) in [5.74, 6) is 2.01. The van der Waals surface area contributed by atoms with Crippen LogP contribution in [0, 0.1) is 5.41 Å². The van der Waals surface area contributed by atoms with E-state index in [9.17, 15) is 9.59 Å². The maximum Gasteiger partial charge on any atom is 0.254 e. The van der Waals surface area contributed by atoms with Gasteiger partial charge < -0.3 is 10.6 Å². The second-order valence-electron chi connectivity index (χ2n) is 6.58. The zero-order valence-corrected chi connectivity index (χ0v) is 14.7. The number of amidine groups is 1. The first-order valence-electron chi connectivity index (χ1n) is 8.58. The third-order valence-electron chi connectivity index (χ3n) is 4.79. The maximum atomic E-state index is 12.8. The quantitative estimate of drug-likeness (QED) is 0.508. The van der Waals surface area contributed by atoms with E-state index in [4.69, 9.17) is 11.1 Å². The van der Waals surface area contributed by atoms with Crippen molar-refractivity contribution >= 4 is 17.7 Å². The summed E-state index contributed by atoms with van der Waals surface area (Å²) in [7, 11) is 0. The molecule has 3 N–H and O–H groups in total. The van der Waals surface area contributed by atoms with Crippen molar-refractivity contribution in [3.05, 3.63) is 65.2 Å². The number of piperidine rings is 1. The predicted octanol–water partition coefficient (Wildman–Crippen LogP) is 3.02. The van der Waals surface area contributed by atoms with Gasteiger partial charge in [0, 0.05) is 29.3 Å². The van der Waals surface area contributed by atoms with Crippen molar-refractivity contribution in [1.82, 2.24) is 4.90 Å². The summed E-state index contributed by atoms with van der Waals surface area (Å²) >= 11 is 0. The molecule has 1 saturated heterocycles. The van der Waals surface area contributed by atoms with Crippen LogP contribution >= 0.6 is 0 Å². The summed E-state index contributed by atoms with van der Waals surface area (Å²) < 4.78 is 0. The van der Waals surface area contributed by atoms with Crippen LogP contribution in [-0.2, 0) is 4.79 Å². The average Bonchev–Trinajstić information content (AvgIpc) is 2.67. The van der Waals surface area contributed by atoms with E-state index in [1.165, 1.54) is 0 Å². The number of rotatable bonds is 3. The second kappa shape index (κ2) is 7.38. The van der Waals surface area contributed by atoms with Crippen LogP contribution in [0.3, 0.4) is 0 Å². The lowest BCUT2D eigenvalue weighted by Gasteiger charge is -2.33. The van der Waals surface area contributed by atoms with Gasteiger partial charge in [-0.3, -0.25) is 10.2 Å². The van der Waals surface area contributed by atoms with Crippen molar-refractivity contribution in [3.8, 4) is 11.1 Å². The highest BCUT2D eigenvalue weighted by atomic mass is 16.2. The van der Waals surface area contributed by atoms with Gasteiger partial charge in [0.15, 0.2) is 0 Å². The molecule has 26 heavy (non-hydrogen) atoms. The Bertz CT molecular complexity index is 878. The number of nitrogens with one attached hydrogen (secondary N) is 1. The van der Waals surface area contributed by atoms with Crippen LogP contribution < -0.4 is 5.73 Å². The van der Waals surface area contributed by atoms with Crippen molar-refractivity contribution in [2.45, 2.75) is 25.8 Å². The minimum absolute atomic E-state index is 0.00602. The molecule has 0 aromatic heterocycles. The van der Waals surface area contributed by atoms with Gasteiger partial charge in [-0.05, 0) is 43.0 Å². The molecule has 2 aromatic carbocycles. The minimum atomic E-state index is -0.0130. The van der Waals surface area contributed by atoms with E-state index in [1.54, 1.807) is 0 Å². The van der Waals surface area contributed by atoms with E-state index in [-0.39, 0.29) is 17.8 Å². The third-order valence-corrected chi connectivity index (χ3v) is 4.79. The molecule has 5 nitrogen and oxygen atoms in total. The Morgan fingerprint density at radius 3 is 2.08 bits per heavy atom. The van der Waals surface area contributed by atoms with Crippen LogP contribution in [0.15, 0.2) is 54.1 Å². The molecule has 0 radical (unpaired) electrons. The monoisotopic (exact) mass is 347 g/mol. The topological polar surface area (TPSA) is 87.2 Å². The fraction of sp³-hybridized carbons (Fsp3) is 0.238. The van der Waals surface area contributed by atoms with Crippen molar-refractivity contribution in [3.63, 3.8) is 0 Å². The SMILES string of the molecule is CC1CC(=C=O)CCN1C(=O)c1ccc(-c2ccc(C(=N)N)cc2)cc1. The van der Waals surface area contributed by atoms with Crippen LogP contribution in [0.4, 0.5) is 0 Å². The Hall–Kier alpha value is -3.17. The van der Waals surface area contributed by atoms with Gasteiger partial charge in [0.2, 0.25) is 0 Å². The first kappa shape index (κ1) is 17.6. The Kier molecular flexibility index (Phi) is 5.01. The number of likely N-dealkylation sites (tertiary alicyclic amines) is 1. The summed E-state index contributed by atoms with van der Waals surface area (Å²) in [4.78, 5) is 25.4. The molecule has 1 amide bonds. The molecule has 0 bridgehead atoms. The Morgan fingerprint density at radius 1 is 1.08 bits per heavy atom. The van der Waals surface area contributed by atoms with Gasteiger partial charge in [-0.2, -0.15) is 0 Å². The number of carbonyl (C=O) groups is 1. The third kappa shape index (κ3) is 3.58. The van der Waals surface area contributed by atoms with E-state index in [1.807, 2.05) is 66.3 Å². The highest BCUT2D eigenvalue weighted by Gasteiger charge is 2.26. The van der Waals surface area contributed by atoms with Crippen molar-refractivity contribution in [2.75, 3.05) is 6.54 Å². The normalized spacial score (nSPS) is 16.9. The first-order chi connectivity index (χ1) is 12.5. The van der Waals surface area contributed by atoms with Gasteiger partial charge in [-0.25, -0.2) is 4.79 Å². The standard InChI is InChI=1S/C21H21N3O2/c1-14-12-15(13-25)10-11-24(14)21(26)19-8-4-17(5-9-19)16-2-6-18(7-3-16)20(22)23/h2-9,14H,10-12H2,1H3,(H3,22,23). The Balaban J connectivity index is 1.76. The van der Waals surface area contributed by atoms with E-state index >= 15 is 0 Å². The largest absolute Gasteiger partial charge is 0.384 e. The van der Waals surface area contributed by atoms with Gasteiger partial charge >= 0.3 is 0 Å². The number of carbonyl (C=O) groups excluding carboxylic acids is 2. The molecule has 0 aliphatic carbocycles. The molecule has 1 aliphatic rings. The molecular formula is C21H21N3O2. The summed E-state index contributed by atoms with van der Waals surface area (Å²) in [6.07, 6.45) is 1.19. The van der Waals surface area contributed by atoms with E-state index in [0.29, 0.717) is 30.5 Å². The molecule has 0 saturated carbocycles. The zero-order valence-electron chi connectivity index (χ0n) is 14.7. The molecule has 2 aromatic rings. The average molecular weight is 347 g/mol. The minimum Gasteiger partial charge on any atom is -0.384 e. The summed E-state index contributed by atoms with van der Waals surface area (Å²) in [6.45, 7) is 2.51.